The highest BCUT2D eigenvalue weighted by Gasteiger charge is 2.05. The number of nitrogens with zero attached hydrogens (tertiary/aromatic N) is 1. The number of amides is 1. The Morgan fingerprint density at radius 2 is 2.11 bits per heavy atom. The van der Waals surface area contributed by atoms with Crippen LogP contribution in [0.1, 0.15) is 17.5 Å². The van der Waals surface area contributed by atoms with Gasteiger partial charge in [-0.3, -0.25) is 4.79 Å². The number of halogens is 1. The largest absolute Gasteiger partial charge is 0.493 e. The van der Waals surface area contributed by atoms with Crippen LogP contribution in [0.2, 0.25) is 0 Å². The molecule has 0 heterocycles. The normalized spacial score (nSPS) is 10.4. The fourth-order valence-electron chi connectivity index (χ4n) is 2.44. The Morgan fingerprint density at radius 3 is 2.85 bits per heavy atom. The molecule has 1 amide bonds. The van der Waals surface area contributed by atoms with Crippen molar-refractivity contribution in [3.8, 4) is 17.6 Å². The second-order valence-electron chi connectivity index (χ2n) is 5.71. The minimum Gasteiger partial charge on any atom is -0.493 e. The number of nitrogens with one attached hydrogen (secondary N) is 1. The predicted molar refractivity (Wildman–Crippen MR) is 109 cm³/mol. The number of nitriles is 1. The Morgan fingerprint density at radius 1 is 1.26 bits per heavy atom. The van der Waals surface area contributed by atoms with E-state index in [1.54, 1.807) is 24.3 Å². The van der Waals surface area contributed by atoms with Crippen LogP contribution in [0.25, 0.3) is 6.08 Å². The summed E-state index contributed by atoms with van der Waals surface area (Å²) in [6.45, 7) is 0.563. The van der Waals surface area contributed by atoms with Gasteiger partial charge in [-0.2, -0.15) is 5.26 Å². The SMILES string of the molecule is COc1cc(/C=C/C(=O)NCCCc2cccc(Br)c2)ccc1OCC#N. The zero-order chi connectivity index (χ0) is 19.5. The van der Waals surface area contributed by atoms with E-state index in [4.69, 9.17) is 14.7 Å². The molecule has 1 N–H and O–H groups in total. The number of benzene rings is 2. The number of aryl methyl sites for hydroxylation is 1. The second-order valence-corrected chi connectivity index (χ2v) is 6.63. The van der Waals surface area contributed by atoms with Gasteiger partial charge in [0.15, 0.2) is 18.1 Å². The summed E-state index contributed by atoms with van der Waals surface area (Å²) < 4.78 is 11.6. The van der Waals surface area contributed by atoms with Crippen molar-refractivity contribution in [3.05, 3.63) is 64.1 Å². The number of methoxy groups -OCH3 is 1. The van der Waals surface area contributed by atoms with Crippen molar-refractivity contribution in [2.45, 2.75) is 12.8 Å². The molecule has 0 fully saturated rings. The van der Waals surface area contributed by atoms with Gasteiger partial charge in [0.05, 0.1) is 7.11 Å². The first-order chi connectivity index (χ1) is 13.1. The average molecular weight is 429 g/mol. The van der Waals surface area contributed by atoms with Crippen molar-refractivity contribution in [1.82, 2.24) is 5.32 Å². The number of carbonyl (C=O) groups is 1. The average Bonchev–Trinajstić information content (AvgIpc) is 2.68. The minimum absolute atomic E-state index is 0.0477. The Balaban J connectivity index is 1.81. The van der Waals surface area contributed by atoms with Crippen molar-refractivity contribution in [2.24, 2.45) is 0 Å². The van der Waals surface area contributed by atoms with Crippen LogP contribution in [0, 0.1) is 11.3 Å². The molecule has 6 heteroatoms. The molecule has 0 aliphatic carbocycles. The van der Waals surface area contributed by atoms with Crippen LogP contribution in [-0.4, -0.2) is 26.2 Å². The van der Waals surface area contributed by atoms with Crippen molar-refractivity contribution < 1.29 is 14.3 Å². The third-order valence-corrected chi connectivity index (χ3v) is 4.23. The molecular weight excluding hydrogens is 408 g/mol. The van der Waals surface area contributed by atoms with E-state index in [9.17, 15) is 4.79 Å². The van der Waals surface area contributed by atoms with Crippen LogP contribution in [-0.2, 0) is 11.2 Å². The molecule has 0 atom stereocenters. The van der Waals surface area contributed by atoms with Gasteiger partial charge in [0, 0.05) is 17.1 Å². The summed E-state index contributed by atoms with van der Waals surface area (Å²) in [5, 5.41) is 11.5. The molecule has 2 rings (SSSR count). The molecule has 0 aliphatic heterocycles. The molecule has 0 saturated heterocycles. The first-order valence-corrected chi connectivity index (χ1v) is 9.30. The molecule has 0 unspecified atom stereocenters. The van der Waals surface area contributed by atoms with E-state index in [1.807, 2.05) is 18.2 Å². The van der Waals surface area contributed by atoms with Crippen molar-refractivity contribution >= 4 is 27.9 Å². The molecule has 0 bridgehead atoms. The summed E-state index contributed by atoms with van der Waals surface area (Å²) in [4.78, 5) is 11.9. The Hall–Kier alpha value is -2.78. The molecule has 27 heavy (non-hydrogen) atoms. The predicted octanol–water partition coefficient (Wildman–Crippen LogP) is 4.12. The van der Waals surface area contributed by atoms with Crippen LogP contribution in [0.3, 0.4) is 0 Å². The maximum atomic E-state index is 11.9. The van der Waals surface area contributed by atoms with E-state index in [0.29, 0.717) is 18.0 Å². The molecular formula is C21H21BrN2O3. The summed E-state index contributed by atoms with van der Waals surface area (Å²) >= 11 is 3.45. The van der Waals surface area contributed by atoms with Crippen LogP contribution in [0.4, 0.5) is 0 Å². The third kappa shape index (κ3) is 7.16. The van der Waals surface area contributed by atoms with Gasteiger partial charge in [-0.05, 0) is 54.3 Å². The van der Waals surface area contributed by atoms with Crippen molar-refractivity contribution in [3.63, 3.8) is 0 Å². The van der Waals surface area contributed by atoms with E-state index >= 15 is 0 Å². The van der Waals surface area contributed by atoms with Gasteiger partial charge in [-0.1, -0.05) is 34.1 Å². The first kappa shape index (κ1) is 20.5. The van der Waals surface area contributed by atoms with Crippen LogP contribution in [0.15, 0.2) is 53.0 Å². The molecule has 0 aromatic heterocycles. The van der Waals surface area contributed by atoms with Crippen LogP contribution < -0.4 is 14.8 Å². The summed E-state index contributed by atoms with van der Waals surface area (Å²) in [7, 11) is 1.53. The van der Waals surface area contributed by atoms with Gasteiger partial charge in [-0.25, -0.2) is 0 Å². The van der Waals surface area contributed by atoms with E-state index in [1.165, 1.54) is 18.7 Å². The molecule has 0 radical (unpaired) electrons. The molecule has 5 nitrogen and oxygen atoms in total. The maximum Gasteiger partial charge on any atom is 0.243 e. The highest BCUT2D eigenvalue weighted by Crippen LogP contribution is 2.28. The van der Waals surface area contributed by atoms with Gasteiger partial charge in [0.1, 0.15) is 6.07 Å². The Bertz CT molecular complexity index is 844. The quantitative estimate of drug-likeness (QED) is 0.481. The minimum atomic E-state index is -0.145. The lowest BCUT2D eigenvalue weighted by atomic mass is 10.1. The number of hydrogen-bond donors (Lipinski definition) is 1. The lowest BCUT2D eigenvalue weighted by Crippen LogP contribution is -2.22. The fraction of sp³-hybridized carbons (Fsp3) is 0.238. The monoisotopic (exact) mass is 428 g/mol. The topological polar surface area (TPSA) is 71.3 Å². The standard InChI is InChI=1S/C21H21BrN2O3/c1-26-20-15-17(7-9-19(20)27-13-11-23)8-10-21(25)24-12-3-5-16-4-2-6-18(22)14-16/h2,4,6-10,14-15H,3,5,12-13H2,1H3,(H,24,25)/b10-8+. The molecule has 2 aromatic carbocycles. The summed E-state index contributed by atoms with van der Waals surface area (Å²) in [6.07, 6.45) is 4.98. The van der Waals surface area contributed by atoms with E-state index in [0.717, 1.165) is 22.9 Å². The molecule has 0 saturated carbocycles. The zero-order valence-electron chi connectivity index (χ0n) is 15.1. The zero-order valence-corrected chi connectivity index (χ0v) is 16.7. The summed E-state index contributed by atoms with van der Waals surface area (Å²) in [5.74, 6) is 0.864. The molecule has 2 aromatic rings. The molecule has 0 spiro atoms. The Labute approximate surface area is 167 Å². The highest BCUT2D eigenvalue weighted by atomic mass is 79.9. The summed E-state index contributed by atoms with van der Waals surface area (Å²) in [5.41, 5.74) is 2.04. The maximum absolute atomic E-state index is 11.9. The lowest BCUT2D eigenvalue weighted by Gasteiger charge is -2.08. The Kier molecular flexibility index (Phi) is 8.40. The first-order valence-electron chi connectivity index (χ1n) is 8.50. The molecule has 140 valence electrons. The number of carbonyl (C=O) groups excluding carboxylic acids is 1. The number of hydrogen-bond acceptors (Lipinski definition) is 4. The van der Waals surface area contributed by atoms with Gasteiger partial charge in [0.2, 0.25) is 5.91 Å². The van der Waals surface area contributed by atoms with Crippen LogP contribution in [0.5, 0.6) is 11.5 Å². The van der Waals surface area contributed by atoms with Crippen molar-refractivity contribution in [2.75, 3.05) is 20.3 Å². The van der Waals surface area contributed by atoms with Gasteiger partial charge >= 0.3 is 0 Å². The summed E-state index contributed by atoms with van der Waals surface area (Å²) in [6, 6.07) is 15.3. The second kappa shape index (κ2) is 11.0. The number of rotatable bonds is 9. The third-order valence-electron chi connectivity index (χ3n) is 3.74. The van der Waals surface area contributed by atoms with Gasteiger partial charge in [0.25, 0.3) is 0 Å². The lowest BCUT2D eigenvalue weighted by molar-refractivity contribution is -0.116. The number of ether oxygens (including phenoxy) is 2. The fourth-order valence-corrected chi connectivity index (χ4v) is 2.89. The van der Waals surface area contributed by atoms with Gasteiger partial charge < -0.3 is 14.8 Å². The highest BCUT2D eigenvalue weighted by molar-refractivity contribution is 9.10. The van der Waals surface area contributed by atoms with E-state index in [-0.39, 0.29) is 12.5 Å². The van der Waals surface area contributed by atoms with Gasteiger partial charge in [-0.15, -0.1) is 0 Å². The smallest absolute Gasteiger partial charge is 0.243 e. The van der Waals surface area contributed by atoms with E-state index in [2.05, 4.69) is 33.4 Å². The van der Waals surface area contributed by atoms with Crippen LogP contribution >= 0.6 is 15.9 Å². The van der Waals surface area contributed by atoms with Crippen molar-refractivity contribution in [1.29, 1.82) is 5.26 Å². The van der Waals surface area contributed by atoms with E-state index < -0.39 is 0 Å². The molecule has 0 aliphatic rings.